The molecule has 0 spiro atoms. The van der Waals surface area contributed by atoms with E-state index < -0.39 is 17.1 Å². The van der Waals surface area contributed by atoms with E-state index in [1.54, 1.807) is 47.4 Å². The third kappa shape index (κ3) is 43.4. The van der Waals surface area contributed by atoms with Gasteiger partial charge in [-0.15, -0.1) is 0 Å². The van der Waals surface area contributed by atoms with Gasteiger partial charge in [-0.2, -0.15) is 0 Å². The molecule has 0 fully saturated rings. The zero-order chi connectivity index (χ0) is 57.9. The van der Waals surface area contributed by atoms with Gasteiger partial charge in [0.1, 0.15) is 0 Å². The summed E-state index contributed by atoms with van der Waals surface area (Å²) >= 11 is 0. The number of esters is 3. The normalized spacial score (nSPS) is 12.5. The van der Waals surface area contributed by atoms with E-state index in [0.717, 1.165) is 63.5 Å². The second-order valence-electron chi connectivity index (χ2n) is 22.1. The van der Waals surface area contributed by atoms with Crippen LogP contribution in [0.2, 0.25) is 25.2 Å². The number of hydrogen-bond donors (Lipinski definition) is 1. The van der Waals surface area contributed by atoms with Gasteiger partial charge in [-0.25, -0.2) is 0 Å². The fourth-order valence-electron chi connectivity index (χ4n) is 5.69. The van der Waals surface area contributed by atoms with Crippen LogP contribution in [0.4, 0.5) is 0 Å². The molecule has 2 amide bonds. The van der Waals surface area contributed by atoms with E-state index in [0.29, 0.717) is 19.8 Å². The zero-order valence-corrected chi connectivity index (χ0v) is 54.1. The minimum atomic E-state index is -2.01. The maximum atomic E-state index is 11.7. The monoisotopic (exact) mass is 1080 g/mol. The average molecular weight is 1080 g/mol. The highest BCUT2D eigenvalue weighted by molar-refractivity contribution is 6.66. The molecule has 0 aliphatic rings. The minimum Gasteiger partial charge on any atom is -0.465 e. The molecule has 16 heteroatoms. The highest BCUT2D eigenvalue weighted by atomic mass is 28.4. The van der Waals surface area contributed by atoms with E-state index in [4.69, 9.17) is 31.9 Å². The first-order valence-corrected chi connectivity index (χ1v) is 33.1. The molecule has 0 radical (unpaired) electrons. The van der Waals surface area contributed by atoms with Crippen LogP contribution in [0.25, 0.3) is 0 Å². The van der Waals surface area contributed by atoms with Crippen molar-refractivity contribution in [2.75, 3.05) is 62.4 Å². The number of hydrogen-bond acceptors (Lipinski definition) is 12. The number of carbonyl (C=O) groups excluding carboxylic acids is 5. The van der Waals surface area contributed by atoms with Crippen LogP contribution in [0.3, 0.4) is 0 Å². The Bertz CT molecular complexity index is 1340. The van der Waals surface area contributed by atoms with Gasteiger partial charge in [-0.3, -0.25) is 24.0 Å². The number of rotatable bonds is 34. The van der Waals surface area contributed by atoms with Crippen molar-refractivity contribution < 1.29 is 55.9 Å². The lowest BCUT2D eigenvalue weighted by Gasteiger charge is -2.23. The smallest absolute Gasteiger partial charge is 0.334 e. The standard InChI is InChI=1S/C18H36O2.2C12H26O4Si.C8H17NO.C7H15NO/c1-5-7-8-9-10-11-12-13-14-15-16-20-17(19)18(3,4)6-2;2*1-7-12(2,3)11(13)16-9-8-10-17(6,14-4)15-5;1-5-7(4)8(10)9-6(2)3;1-5-6(2)7(9)8(3)4/h5-16H2,1-4H3;2*7-10H2,1-6H3;6-7H,5H2,1-4H3,(H,9,10);6H,5H2,1-4H3. The number of nitrogens with one attached hydrogen (secondary N) is 1. The third-order valence-corrected chi connectivity index (χ3v) is 19.7. The van der Waals surface area contributed by atoms with Crippen molar-refractivity contribution in [3.63, 3.8) is 0 Å². The van der Waals surface area contributed by atoms with Crippen LogP contribution in [-0.4, -0.2) is 120 Å². The molecule has 0 aliphatic heterocycles. The van der Waals surface area contributed by atoms with Crippen LogP contribution in [0.1, 0.15) is 220 Å². The highest BCUT2D eigenvalue weighted by Gasteiger charge is 2.31. The molecular weight excluding hydrogens is 961 g/mol. The SMILES string of the molecule is CCC(C)(C)C(=O)OCCC[Si](C)(OC)OC.CCC(C)(C)C(=O)OCCC[Si](C)(OC)OC.CCC(C)C(=O)N(C)C.CCC(C)C(=O)NC(C)C.CCCCCCCCCCCCOC(=O)C(C)(C)CC. The molecule has 0 saturated heterocycles. The van der Waals surface area contributed by atoms with Crippen molar-refractivity contribution >= 4 is 46.8 Å². The molecule has 73 heavy (non-hydrogen) atoms. The first-order chi connectivity index (χ1) is 33.8. The maximum Gasteiger partial charge on any atom is 0.334 e. The number of unbranched alkanes of at least 4 members (excludes halogenated alkanes) is 9. The molecule has 0 aliphatic carbocycles. The summed E-state index contributed by atoms with van der Waals surface area (Å²) in [6.45, 7) is 37.1. The Morgan fingerprint density at radius 1 is 0.466 bits per heavy atom. The third-order valence-electron chi connectivity index (χ3n) is 13.8. The van der Waals surface area contributed by atoms with Crippen LogP contribution in [0, 0.1) is 28.1 Å². The Hall–Kier alpha value is -2.38. The molecule has 0 aromatic rings. The summed E-state index contributed by atoms with van der Waals surface area (Å²) in [5.41, 5.74) is -1.09. The molecule has 438 valence electrons. The highest BCUT2D eigenvalue weighted by Crippen LogP contribution is 2.24. The Labute approximate surface area is 452 Å². The van der Waals surface area contributed by atoms with Crippen LogP contribution < -0.4 is 5.32 Å². The molecule has 0 saturated carbocycles. The molecule has 0 heterocycles. The Balaban J connectivity index is -0.000000271. The summed E-state index contributed by atoms with van der Waals surface area (Å²) < 4.78 is 37.3. The van der Waals surface area contributed by atoms with Crippen molar-refractivity contribution in [2.45, 2.75) is 251 Å². The summed E-state index contributed by atoms with van der Waals surface area (Å²) in [6.07, 6.45) is 18.9. The van der Waals surface area contributed by atoms with Gasteiger partial charge in [0.15, 0.2) is 0 Å². The van der Waals surface area contributed by atoms with E-state index >= 15 is 0 Å². The molecule has 0 aromatic heterocycles. The molecule has 2 atom stereocenters. The summed E-state index contributed by atoms with van der Waals surface area (Å²) in [5, 5.41) is 2.85. The van der Waals surface area contributed by atoms with E-state index in [1.165, 1.54) is 57.8 Å². The van der Waals surface area contributed by atoms with E-state index in [2.05, 4.69) is 12.2 Å². The quantitative estimate of drug-likeness (QED) is 0.0281. The summed E-state index contributed by atoms with van der Waals surface area (Å²) in [4.78, 5) is 58.8. The molecule has 0 rings (SSSR count). The second-order valence-corrected chi connectivity index (χ2v) is 29.3. The Morgan fingerprint density at radius 2 is 0.753 bits per heavy atom. The molecule has 0 bridgehead atoms. The van der Waals surface area contributed by atoms with Crippen molar-refractivity contribution in [1.29, 1.82) is 0 Å². The van der Waals surface area contributed by atoms with Crippen molar-refractivity contribution in [2.24, 2.45) is 28.1 Å². The van der Waals surface area contributed by atoms with Gasteiger partial charge < -0.3 is 42.1 Å². The van der Waals surface area contributed by atoms with E-state index in [1.807, 2.05) is 117 Å². The Kier molecular flexibility index (Phi) is 49.9. The number of nitrogens with zero attached hydrogens (tertiary/aromatic N) is 1. The van der Waals surface area contributed by atoms with Gasteiger partial charge in [0.25, 0.3) is 0 Å². The predicted molar refractivity (Wildman–Crippen MR) is 308 cm³/mol. The first-order valence-electron chi connectivity index (χ1n) is 28.1. The van der Waals surface area contributed by atoms with E-state index in [-0.39, 0.29) is 63.8 Å². The summed E-state index contributed by atoms with van der Waals surface area (Å²) in [6, 6.07) is 1.93. The fourth-order valence-corrected chi connectivity index (χ4v) is 8.42. The molecule has 14 nitrogen and oxygen atoms in total. The van der Waals surface area contributed by atoms with Gasteiger partial charge >= 0.3 is 35.0 Å². The van der Waals surface area contributed by atoms with Gasteiger partial charge in [0.2, 0.25) is 11.8 Å². The molecule has 0 aromatic carbocycles. The van der Waals surface area contributed by atoms with Crippen molar-refractivity contribution in [1.82, 2.24) is 10.2 Å². The van der Waals surface area contributed by atoms with E-state index in [9.17, 15) is 24.0 Å². The lowest BCUT2D eigenvalue weighted by molar-refractivity contribution is -0.155. The average Bonchev–Trinajstić information content (AvgIpc) is 3.37. The van der Waals surface area contributed by atoms with Gasteiger partial charge in [0, 0.05) is 60.4 Å². The lowest BCUT2D eigenvalue weighted by Crippen LogP contribution is -2.36. The molecule has 2 unspecified atom stereocenters. The predicted octanol–water partition coefficient (Wildman–Crippen LogP) is 14.0. The van der Waals surface area contributed by atoms with Crippen LogP contribution >= 0.6 is 0 Å². The maximum absolute atomic E-state index is 11.7. The van der Waals surface area contributed by atoms with Crippen LogP contribution in [0.5, 0.6) is 0 Å². The number of amides is 2. The van der Waals surface area contributed by atoms with Crippen LogP contribution in [-0.2, 0) is 55.9 Å². The van der Waals surface area contributed by atoms with Gasteiger partial charge in [-0.05, 0) is 132 Å². The van der Waals surface area contributed by atoms with Crippen LogP contribution in [0.15, 0.2) is 0 Å². The lowest BCUT2D eigenvalue weighted by atomic mass is 9.91. The fraction of sp³-hybridized carbons (Fsp3) is 0.912. The summed E-state index contributed by atoms with van der Waals surface area (Å²) in [7, 11) is 6.22. The molecular formula is C57H120N2O12Si2. The largest absolute Gasteiger partial charge is 0.465 e. The second kappa shape index (κ2) is 45.8. The topological polar surface area (TPSA) is 165 Å². The first kappa shape index (κ1) is 79.5. The summed E-state index contributed by atoms with van der Waals surface area (Å²) in [5.74, 6) is 0.421. The Morgan fingerprint density at radius 3 is 0.986 bits per heavy atom. The van der Waals surface area contributed by atoms with Crippen molar-refractivity contribution in [3.8, 4) is 0 Å². The zero-order valence-electron chi connectivity index (χ0n) is 52.1. The van der Waals surface area contributed by atoms with Gasteiger partial charge in [-0.1, -0.05) is 113 Å². The number of ether oxygens (including phenoxy) is 3. The minimum absolute atomic E-state index is 0.0454. The van der Waals surface area contributed by atoms with Gasteiger partial charge in [0.05, 0.1) is 36.1 Å². The number of carbonyl (C=O) groups is 5. The molecule has 1 N–H and O–H groups in total. The van der Waals surface area contributed by atoms with Crippen molar-refractivity contribution in [3.05, 3.63) is 0 Å².